The fourth-order valence-corrected chi connectivity index (χ4v) is 4.33. The van der Waals surface area contributed by atoms with Crippen LogP contribution in [0.5, 0.6) is 5.75 Å². The molecule has 0 spiro atoms. The summed E-state index contributed by atoms with van der Waals surface area (Å²) in [6.45, 7) is 0.549. The number of fused-ring (bicyclic) bond motifs is 1. The quantitative estimate of drug-likeness (QED) is 0.698. The first kappa shape index (κ1) is 19.0. The molecular formula is C21H17Cl2NO4. The zero-order valence-electron chi connectivity index (χ0n) is 14.9. The summed E-state index contributed by atoms with van der Waals surface area (Å²) in [6.07, 6.45) is 0.619. The van der Waals surface area contributed by atoms with Gasteiger partial charge in [0.25, 0.3) is 5.91 Å². The van der Waals surface area contributed by atoms with E-state index in [0.717, 1.165) is 11.1 Å². The number of hydrogen-bond donors (Lipinski definition) is 0. The second-order valence-corrected chi connectivity index (χ2v) is 7.89. The van der Waals surface area contributed by atoms with Crippen LogP contribution in [0.25, 0.3) is 0 Å². The molecule has 7 heteroatoms. The number of benzene rings is 2. The zero-order chi connectivity index (χ0) is 19.8. The van der Waals surface area contributed by atoms with Gasteiger partial charge in [-0.25, -0.2) is 0 Å². The third kappa shape index (κ3) is 3.64. The van der Waals surface area contributed by atoms with Gasteiger partial charge in [-0.3, -0.25) is 14.4 Å². The molecular weight excluding hydrogens is 401 g/mol. The van der Waals surface area contributed by atoms with Gasteiger partial charge in [0, 0.05) is 27.6 Å². The van der Waals surface area contributed by atoms with Gasteiger partial charge in [0.2, 0.25) is 0 Å². The molecule has 1 amide bonds. The minimum Gasteiger partial charge on any atom is -0.489 e. The summed E-state index contributed by atoms with van der Waals surface area (Å²) in [5.74, 6) is 0.144. The van der Waals surface area contributed by atoms with Crippen molar-refractivity contribution < 1.29 is 19.1 Å². The molecule has 2 aromatic carbocycles. The maximum atomic E-state index is 12.8. The second kappa shape index (κ2) is 7.57. The zero-order valence-corrected chi connectivity index (χ0v) is 16.4. The smallest absolute Gasteiger partial charge is 0.255 e. The van der Waals surface area contributed by atoms with Gasteiger partial charge in [0.05, 0.1) is 19.0 Å². The average molecular weight is 418 g/mol. The SMILES string of the molecule is O=C1CCC(N2Cc3c(OCc4cc(Cl)cc(Cl)c4)cccc3C2=O)C(=O)C1. The van der Waals surface area contributed by atoms with Crippen molar-refractivity contribution in [3.05, 3.63) is 63.1 Å². The lowest BCUT2D eigenvalue weighted by Crippen LogP contribution is -2.44. The predicted octanol–water partition coefficient (Wildman–Crippen LogP) is 4.22. The van der Waals surface area contributed by atoms with Gasteiger partial charge in [-0.1, -0.05) is 29.3 Å². The number of ether oxygens (including phenoxy) is 1. The van der Waals surface area contributed by atoms with Crippen molar-refractivity contribution in [3.8, 4) is 5.75 Å². The van der Waals surface area contributed by atoms with E-state index in [9.17, 15) is 14.4 Å². The van der Waals surface area contributed by atoms with Crippen LogP contribution in [0.3, 0.4) is 0 Å². The predicted molar refractivity (Wildman–Crippen MR) is 105 cm³/mol. The molecule has 1 atom stereocenters. The maximum Gasteiger partial charge on any atom is 0.255 e. The fourth-order valence-electron chi connectivity index (χ4n) is 3.76. The van der Waals surface area contributed by atoms with Crippen LogP contribution < -0.4 is 4.74 Å². The normalized spacial score (nSPS) is 19.1. The lowest BCUT2D eigenvalue weighted by atomic mass is 9.92. The maximum absolute atomic E-state index is 12.8. The Bertz CT molecular complexity index is 968. The summed E-state index contributed by atoms with van der Waals surface area (Å²) in [6, 6.07) is 9.93. The van der Waals surface area contributed by atoms with Gasteiger partial charge in [-0.15, -0.1) is 0 Å². The third-order valence-corrected chi connectivity index (χ3v) is 5.52. The van der Waals surface area contributed by atoms with Gasteiger partial charge in [-0.05, 0) is 42.3 Å². The van der Waals surface area contributed by atoms with Crippen molar-refractivity contribution in [2.24, 2.45) is 0 Å². The van der Waals surface area contributed by atoms with E-state index < -0.39 is 6.04 Å². The lowest BCUT2D eigenvalue weighted by Gasteiger charge is -2.29. The molecule has 4 rings (SSSR count). The number of halogens is 2. The summed E-state index contributed by atoms with van der Waals surface area (Å²) in [5, 5.41) is 1.05. The number of carbonyl (C=O) groups excluding carboxylic acids is 3. The molecule has 0 aromatic heterocycles. The monoisotopic (exact) mass is 417 g/mol. The molecule has 1 aliphatic heterocycles. The Morgan fingerprint density at radius 1 is 1.07 bits per heavy atom. The number of amides is 1. The summed E-state index contributed by atoms with van der Waals surface area (Å²) in [7, 11) is 0. The van der Waals surface area contributed by atoms with Crippen LogP contribution >= 0.6 is 23.2 Å². The standard InChI is InChI=1S/C21H17Cl2NO4/c22-13-6-12(7-14(23)8-13)11-28-20-3-1-2-16-17(20)10-24(21(16)27)18-5-4-15(25)9-19(18)26/h1-3,6-8,18H,4-5,9-11H2. The topological polar surface area (TPSA) is 63.7 Å². The van der Waals surface area contributed by atoms with E-state index in [0.29, 0.717) is 40.7 Å². The molecule has 5 nitrogen and oxygen atoms in total. The number of hydrogen-bond acceptors (Lipinski definition) is 4. The summed E-state index contributed by atoms with van der Waals surface area (Å²) in [5.41, 5.74) is 2.11. The van der Waals surface area contributed by atoms with Crippen molar-refractivity contribution in [1.82, 2.24) is 4.90 Å². The van der Waals surface area contributed by atoms with Gasteiger partial charge < -0.3 is 9.64 Å². The minimum atomic E-state index is -0.544. The van der Waals surface area contributed by atoms with Crippen LogP contribution in [0.2, 0.25) is 10.0 Å². The van der Waals surface area contributed by atoms with E-state index in [-0.39, 0.29) is 30.5 Å². The first-order valence-corrected chi connectivity index (χ1v) is 9.73. The van der Waals surface area contributed by atoms with E-state index >= 15 is 0 Å². The average Bonchev–Trinajstić information content (AvgIpc) is 2.97. The highest BCUT2D eigenvalue weighted by Gasteiger charge is 2.39. The minimum absolute atomic E-state index is 0.0605. The van der Waals surface area contributed by atoms with Gasteiger partial charge in [0.15, 0.2) is 5.78 Å². The first-order chi connectivity index (χ1) is 13.4. The Morgan fingerprint density at radius 2 is 1.82 bits per heavy atom. The summed E-state index contributed by atoms with van der Waals surface area (Å²) < 4.78 is 5.94. The summed E-state index contributed by atoms with van der Waals surface area (Å²) in [4.78, 5) is 38.2. The van der Waals surface area contributed by atoms with E-state index in [1.54, 1.807) is 41.3 Å². The highest BCUT2D eigenvalue weighted by molar-refractivity contribution is 6.34. The van der Waals surface area contributed by atoms with Crippen LogP contribution in [-0.4, -0.2) is 28.4 Å². The molecule has 1 aliphatic carbocycles. The van der Waals surface area contributed by atoms with Crippen LogP contribution in [0, 0.1) is 0 Å². The van der Waals surface area contributed by atoms with Crippen molar-refractivity contribution >= 4 is 40.7 Å². The molecule has 0 N–H and O–H groups in total. The van der Waals surface area contributed by atoms with Crippen molar-refractivity contribution in [3.63, 3.8) is 0 Å². The largest absolute Gasteiger partial charge is 0.489 e. The second-order valence-electron chi connectivity index (χ2n) is 7.02. The molecule has 0 saturated heterocycles. The van der Waals surface area contributed by atoms with Gasteiger partial charge >= 0.3 is 0 Å². The fraction of sp³-hybridized carbons (Fsp3) is 0.286. The molecule has 1 unspecified atom stereocenters. The van der Waals surface area contributed by atoms with E-state index in [4.69, 9.17) is 27.9 Å². The molecule has 0 bridgehead atoms. The number of carbonyl (C=O) groups is 3. The Labute approximate surface area is 172 Å². The van der Waals surface area contributed by atoms with Crippen LogP contribution in [0.1, 0.15) is 40.7 Å². The number of nitrogens with zero attached hydrogens (tertiary/aromatic N) is 1. The number of Topliss-reactive ketones (excluding diaryl/α,β-unsaturated/α-hetero) is 2. The Balaban J connectivity index is 1.54. The number of rotatable bonds is 4. The molecule has 2 aromatic rings. The Morgan fingerprint density at radius 3 is 2.54 bits per heavy atom. The molecule has 28 heavy (non-hydrogen) atoms. The summed E-state index contributed by atoms with van der Waals surface area (Å²) >= 11 is 12.1. The van der Waals surface area contributed by atoms with E-state index in [2.05, 4.69) is 0 Å². The third-order valence-electron chi connectivity index (χ3n) is 5.09. The number of ketones is 2. The molecule has 1 fully saturated rings. The van der Waals surface area contributed by atoms with Crippen molar-refractivity contribution in [2.75, 3.05) is 0 Å². The highest BCUT2D eigenvalue weighted by Crippen LogP contribution is 2.34. The first-order valence-electron chi connectivity index (χ1n) is 8.97. The molecule has 0 radical (unpaired) electrons. The molecule has 2 aliphatic rings. The Kier molecular flexibility index (Phi) is 5.13. The van der Waals surface area contributed by atoms with Crippen LogP contribution in [-0.2, 0) is 22.7 Å². The van der Waals surface area contributed by atoms with Crippen LogP contribution in [0.15, 0.2) is 36.4 Å². The van der Waals surface area contributed by atoms with E-state index in [1.165, 1.54) is 0 Å². The van der Waals surface area contributed by atoms with Crippen molar-refractivity contribution in [2.45, 2.75) is 38.5 Å². The van der Waals surface area contributed by atoms with Crippen LogP contribution in [0.4, 0.5) is 0 Å². The van der Waals surface area contributed by atoms with E-state index in [1.807, 2.05) is 0 Å². The molecule has 1 heterocycles. The van der Waals surface area contributed by atoms with Crippen molar-refractivity contribution in [1.29, 1.82) is 0 Å². The van der Waals surface area contributed by atoms with Gasteiger partial charge in [-0.2, -0.15) is 0 Å². The highest BCUT2D eigenvalue weighted by atomic mass is 35.5. The lowest BCUT2D eigenvalue weighted by molar-refractivity contribution is -0.133. The Hall–Kier alpha value is -2.37. The molecule has 144 valence electrons. The molecule has 1 saturated carbocycles. The van der Waals surface area contributed by atoms with Gasteiger partial charge in [0.1, 0.15) is 18.1 Å².